The maximum Gasteiger partial charge on any atom is 0.0623 e. The third-order valence-corrected chi connectivity index (χ3v) is 3.77. The summed E-state index contributed by atoms with van der Waals surface area (Å²) in [4.78, 5) is 0. The van der Waals surface area contributed by atoms with Crippen molar-refractivity contribution in [1.29, 1.82) is 0 Å². The molecule has 0 aliphatic carbocycles. The van der Waals surface area contributed by atoms with Crippen LogP contribution in [0.15, 0.2) is 0 Å². The molecule has 0 spiro atoms. The highest BCUT2D eigenvalue weighted by molar-refractivity contribution is 4.94. The molecule has 2 rings (SSSR count). The average molecular weight is 197 g/mol. The number of hydrogen-bond acceptors (Lipinski definition) is 2. The predicted octanol–water partition coefficient (Wildman–Crippen LogP) is 2.33. The summed E-state index contributed by atoms with van der Waals surface area (Å²) >= 11 is 0. The van der Waals surface area contributed by atoms with Gasteiger partial charge in [0.15, 0.2) is 0 Å². The molecular formula is C12H23NO. The lowest BCUT2D eigenvalue weighted by Crippen LogP contribution is -2.40. The Bertz CT molecular complexity index is 183. The molecule has 2 fully saturated rings. The van der Waals surface area contributed by atoms with Gasteiger partial charge in [0.2, 0.25) is 0 Å². The highest BCUT2D eigenvalue weighted by Crippen LogP contribution is 2.40. The van der Waals surface area contributed by atoms with Gasteiger partial charge in [0.05, 0.1) is 12.2 Å². The summed E-state index contributed by atoms with van der Waals surface area (Å²) in [7, 11) is 0. The van der Waals surface area contributed by atoms with Crippen LogP contribution in [0.4, 0.5) is 0 Å². The fraction of sp³-hybridized carbons (Fsp3) is 1.00. The second kappa shape index (κ2) is 4.63. The van der Waals surface area contributed by atoms with Crippen molar-refractivity contribution < 1.29 is 4.74 Å². The van der Waals surface area contributed by atoms with Crippen molar-refractivity contribution in [3.63, 3.8) is 0 Å². The molecule has 4 atom stereocenters. The summed E-state index contributed by atoms with van der Waals surface area (Å²) in [6, 6.07) is 0.699. The van der Waals surface area contributed by atoms with Crippen LogP contribution in [0, 0.1) is 5.92 Å². The topological polar surface area (TPSA) is 21.3 Å². The molecule has 0 aromatic rings. The molecule has 0 aromatic heterocycles. The summed E-state index contributed by atoms with van der Waals surface area (Å²) in [5, 5.41) is 3.67. The number of hydrogen-bond donors (Lipinski definition) is 1. The molecule has 2 aliphatic rings. The van der Waals surface area contributed by atoms with Crippen LogP contribution < -0.4 is 5.32 Å². The van der Waals surface area contributed by atoms with E-state index in [1.165, 1.54) is 32.1 Å². The van der Waals surface area contributed by atoms with Gasteiger partial charge in [-0.05, 0) is 38.6 Å². The van der Waals surface area contributed by atoms with Crippen molar-refractivity contribution in [2.24, 2.45) is 5.92 Å². The minimum atomic E-state index is 0.578. The first-order chi connectivity index (χ1) is 6.85. The van der Waals surface area contributed by atoms with Crippen molar-refractivity contribution in [3.8, 4) is 0 Å². The molecule has 2 saturated heterocycles. The Morgan fingerprint density at radius 3 is 2.71 bits per heavy atom. The number of nitrogens with one attached hydrogen (secondary N) is 1. The van der Waals surface area contributed by atoms with Crippen LogP contribution >= 0.6 is 0 Å². The molecule has 2 bridgehead atoms. The quantitative estimate of drug-likeness (QED) is 0.730. The van der Waals surface area contributed by atoms with Crippen molar-refractivity contribution in [2.75, 3.05) is 6.54 Å². The van der Waals surface area contributed by atoms with E-state index < -0.39 is 0 Å². The SMILES string of the molecule is CCCNC(CC)C1CC2CCC1O2. The molecule has 4 unspecified atom stereocenters. The second-order valence-electron chi connectivity index (χ2n) is 4.74. The van der Waals surface area contributed by atoms with Crippen LogP contribution in [-0.2, 0) is 4.74 Å². The van der Waals surface area contributed by atoms with Crippen LogP contribution in [0.25, 0.3) is 0 Å². The van der Waals surface area contributed by atoms with Crippen LogP contribution in [0.2, 0.25) is 0 Å². The van der Waals surface area contributed by atoms with Gasteiger partial charge in [-0.2, -0.15) is 0 Å². The van der Waals surface area contributed by atoms with Crippen molar-refractivity contribution in [2.45, 2.75) is 64.2 Å². The van der Waals surface area contributed by atoms with Gasteiger partial charge in [0, 0.05) is 12.0 Å². The van der Waals surface area contributed by atoms with Gasteiger partial charge in [-0.1, -0.05) is 13.8 Å². The van der Waals surface area contributed by atoms with E-state index in [-0.39, 0.29) is 0 Å². The fourth-order valence-electron chi connectivity index (χ4n) is 3.03. The lowest BCUT2D eigenvalue weighted by Gasteiger charge is -2.28. The third-order valence-electron chi connectivity index (χ3n) is 3.77. The van der Waals surface area contributed by atoms with E-state index in [0.717, 1.165) is 12.5 Å². The molecule has 0 amide bonds. The maximum absolute atomic E-state index is 5.91. The summed E-state index contributed by atoms with van der Waals surface area (Å²) < 4.78 is 5.91. The second-order valence-corrected chi connectivity index (χ2v) is 4.74. The summed E-state index contributed by atoms with van der Waals surface area (Å²) in [6.07, 6.45) is 7.58. The average Bonchev–Trinajstić information content (AvgIpc) is 2.80. The maximum atomic E-state index is 5.91. The van der Waals surface area contributed by atoms with Crippen molar-refractivity contribution in [1.82, 2.24) is 5.32 Å². The van der Waals surface area contributed by atoms with Crippen LogP contribution in [0.3, 0.4) is 0 Å². The van der Waals surface area contributed by atoms with Gasteiger partial charge in [-0.15, -0.1) is 0 Å². The molecule has 0 saturated carbocycles. The minimum absolute atomic E-state index is 0.578. The summed E-state index contributed by atoms with van der Waals surface area (Å²) in [6.45, 7) is 5.68. The van der Waals surface area contributed by atoms with Gasteiger partial charge in [-0.25, -0.2) is 0 Å². The smallest absolute Gasteiger partial charge is 0.0623 e. The molecule has 14 heavy (non-hydrogen) atoms. The zero-order valence-corrected chi connectivity index (χ0v) is 9.46. The van der Waals surface area contributed by atoms with Gasteiger partial charge in [0.1, 0.15) is 0 Å². The van der Waals surface area contributed by atoms with Crippen molar-refractivity contribution in [3.05, 3.63) is 0 Å². The van der Waals surface area contributed by atoms with Crippen LogP contribution in [0.5, 0.6) is 0 Å². The highest BCUT2D eigenvalue weighted by atomic mass is 16.5. The first-order valence-corrected chi connectivity index (χ1v) is 6.24. The Kier molecular flexibility index (Phi) is 3.45. The number of rotatable bonds is 5. The van der Waals surface area contributed by atoms with Crippen molar-refractivity contribution >= 4 is 0 Å². The largest absolute Gasteiger partial charge is 0.375 e. The van der Waals surface area contributed by atoms with Gasteiger partial charge >= 0.3 is 0 Å². The molecular weight excluding hydrogens is 174 g/mol. The Labute approximate surface area is 87.4 Å². The Morgan fingerprint density at radius 2 is 2.21 bits per heavy atom. The molecule has 0 aromatic carbocycles. The van der Waals surface area contributed by atoms with Gasteiger partial charge < -0.3 is 10.1 Å². The van der Waals surface area contributed by atoms with Crippen LogP contribution in [-0.4, -0.2) is 24.8 Å². The van der Waals surface area contributed by atoms with Crippen LogP contribution in [0.1, 0.15) is 46.0 Å². The Hall–Kier alpha value is -0.0800. The highest BCUT2D eigenvalue weighted by Gasteiger charge is 2.43. The van der Waals surface area contributed by atoms with E-state index in [1.807, 2.05) is 0 Å². The van der Waals surface area contributed by atoms with Gasteiger partial charge in [-0.3, -0.25) is 0 Å². The number of ether oxygens (including phenoxy) is 1. The third kappa shape index (κ3) is 1.96. The summed E-state index contributed by atoms with van der Waals surface area (Å²) in [5.41, 5.74) is 0. The monoisotopic (exact) mass is 197 g/mol. The van der Waals surface area contributed by atoms with E-state index >= 15 is 0 Å². The van der Waals surface area contributed by atoms with E-state index in [9.17, 15) is 0 Å². The zero-order valence-electron chi connectivity index (χ0n) is 9.46. The first-order valence-electron chi connectivity index (χ1n) is 6.24. The molecule has 1 N–H and O–H groups in total. The molecule has 2 nitrogen and oxygen atoms in total. The van der Waals surface area contributed by atoms with Gasteiger partial charge in [0.25, 0.3) is 0 Å². The van der Waals surface area contributed by atoms with E-state index in [2.05, 4.69) is 19.2 Å². The number of fused-ring (bicyclic) bond motifs is 2. The molecule has 82 valence electrons. The van der Waals surface area contributed by atoms with E-state index in [0.29, 0.717) is 18.2 Å². The molecule has 2 heteroatoms. The lowest BCUT2D eigenvalue weighted by atomic mass is 9.83. The standard InChI is InChI=1S/C12H23NO/c1-3-7-13-11(4-2)10-8-9-5-6-12(10)14-9/h9-13H,3-8H2,1-2H3. The lowest BCUT2D eigenvalue weighted by molar-refractivity contribution is 0.0854. The van der Waals surface area contributed by atoms with E-state index in [4.69, 9.17) is 4.74 Å². The van der Waals surface area contributed by atoms with E-state index in [1.54, 1.807) is 0 Å². The minimum Gasteiger partial charge on any atom is -0.375 e. The fourth-order valence-corrected chi connectivity index (χ4v) is 3.03. The normalized spacial score (nSPS) is 37.7. The zero-order chi connectivity index (χ0) is 9.97. The molecule has 2 heterocycles. The Balaban J connectivity index is 1.85. The predicted molar refractivity (Wildman–Crippen MR) is 58.4 cm³/mol. The molecule has 0 radical (unpaired) electrons. The molecule has 2 aliphatic heterocycles. The first kappa shape index (κ1) is 10.4. The Morgan fingerprint density at radius 1 is 1.36 bits per heavy atom. The summed E-state index contributed by atoms with van der Waals surface area (Å²) in [5.74, 6) is 0.797.